The lowest BCUT2D eigenvalue weighted by molar-refractivity contribution is -0.137. The van der Waals surface area contributed by atoms with E-state index in [4.69, 9.17) is 25.8 Å². The molecular formula is C19H17ClF3NO5. The summed E-state index contributed by atoms with van der Waals surface area (Å²) in [7, 11) is 1.44. The zero-order valence-electron chi connectivity index (χ0n) is 15.2. The minimum absolute atomic E-state index is 0.0147. The van der Waals surface area contributed by atoms with Crippen LogP contribution in [0.15, 0.2) is 42.5 Å². The third kappa shape index (κ3) is 6.65. The first kappa shape index (κ1) is 22.5. The van der Waals surface area contributed by atoms with Crippen LogP contribution in [0.4, 0.5) is 18.9 Å². The van der Waals surface area contributed by atoms with Crippen LogP contribution < -0.4 is 10.1 Å². The first-order chi connectivity index (χ1) is 13.7. The van der Waals surface area contributed by atoms with Gasteiger partial charge in [0.2, 0.25) is 0 Å². The van der Waals surface area contributed by atoms with Crippen molar-refractivity contribution < 1.29 is 37.0 Å². The Morgan fingerprint density at radius 3 is 2.48 bits per heavy atom. The second kappa shape index (κ2) is 10.1. The van der Waals surface area contributed by atoms with Gasteiger partial charge in [0.15, 0.2) is 6.61 Å². The number of carbonyl (C=O) groups excluding carboxylic acids is 2. The lowest BCUT2D eigenvalue weighted by Gasteiger charge is -2.15. The molecule has 0 saturated carbocycles. The van der Waals surface area contributed by atoms with Gasteiger partial charge in [0.25, 0.3) is 5.91 Å². The molecule has 0 radical (unpaired) electrons. The highest BCUT2D eigenvalue weighted by Gasteiger charge is 2.31. The Labute approximate surface area is 169 Å². The molecule has 6 nitrogen and oxygen atoms in total. The number of esters is 1. The highest BCUT2D eigenvalue weighted by Crippen LogP contribution is 2.35. The molecule has 2 aromatic carbocycles. The van der Waals surface area contributed by atoms with Crippen molar-refractivity contribution in [1.29, 1.82) is 0 Å². The van der Waals surface area contributed by atoms with E-state index in [0.29, 0.717) is 0 Å². The number of benzene rings is 2. The lowest BCUT2D eigenvalue weighted by atomic mass is 10.1. The van der Waals surface area contributed by atoms with Crippen LogP contribution in [0.25, 0.3) is 0 Å². The Morgan fingerprint density at radius 1 is 1.10 bits per heavy atom. The first-order valence-electron chi connectivity index (χ1n) is 8.27. The molecule has 0 aliphatic rings. The molecule has 10 heteroatoms. The average Bonchev–Trinajstić information content (AvgIpc) is 2.67. The Kier molecular flexibility index (Phi) is 7.86. The minimum atomic E-state index is -4.61. The summed E-state index contributed by atoms with van der Waals surface area (Å²) in [6, 6.07) is 8.72. The summed E-state index contributed by atoms with van der Waals surface area (Å²) in [6.45, 7) is -0.464. The van der Waals surface area contributed by atoms with Gasteiger partial charge in [-0.05, 0) is 30.3 Å². The summed E-state index contributed by atoms with van der Waals surface area (Å²) in [5, 5.41) is 2.40. The van der Waals surface area contributed by atoms with Gasteiger partial charge in [-0.3, -0.25) is 4.79 Å². The summed E-state index contributed by atoms with van der Waals surface area (Å²) >= 11 is 5.87. The number of amides is 1. The van der Waals surface area contributed by atoms with Crippen LogP contribution in [-0.4, -0.2) is 38.8 Å². The number of alkyl halides is 3. The second-order valence-corrected chi connectivity index (χ2v) is 6.06. The van der Waals surface area contributed by atoms with Gasteiger partial charge in [0.1, 0.15) is 12.4 Å². The van der Waals surface area contributed by atoms with Gasteiger partial charge in [-0.25, -0.2) is 4.79 Å². The number of halogens is 4. The topological polar surface area (TPSA) is 73.9 Å². The Bertz CT molecular complexity index is 873. The number of nitrogens with one attached hydrogen (secondary N) is 1. The maximum absolute atomic E-state index is 13.0. The molecule has 1 amide bonds. The van der Waals surface area contributed by atoms with Crippen molar-refractivity contribution in [3.8, 4) is 5.75 Å². The van der Waals surface area contributed by atoms with Crippen LogP contribution in [0.1, 0.15) is 15.9 Å². The fraction of sp³-hybridized carbons (Fsp3) is 0.263. The third-order valence-electron chi connectivity index (χ3n) is 3.55. The zero-order valence-corrected chi connectivity index (χ0v) is 16.0. The summed E-state index contributed by atoms with van der Waals surface area (Å²) in [6.07, 6.45) is -4.61. The van der Waals surface area contributed by atoms with Crippen molar-refractivity contribution in [2.45, 2.75) is 6.18 Å². The Hall–Kier alpha value is -2.78. The number of hydrogen-bond donors (Lipinski definition) is 1. The van der Waals surface area contributed by atoms with E-state index < -0.39 is 30.2 Å². The quantitative estimate of drug-likeness (QED) is 0.501. The molecule has 0 saturated heterocycles. The van der Waals surface area contributed by atoms with Crippen molar-refractivity contribution in [3.05, 3.63) is 58.6 Å². The Morgan fingerprint density at radius 2 is 1.83 bits per heavy atom. The largest absolute Gasteiger partial charge is 0.489 e. The van der Waals surface area contributed by atoms with Crippen LogP contribution in [0.5, 0.6) is 5.75 Å². The fourth-order valence-electron chi connectivity index (χ4n) is 2.19. The standard InChI is InChI=1S/C19H17ClF3NO5/c1-27-8-9-28-16-7-6-12(19(21,22)23)10-15(16)24-17(25)11-29-18(26)13-4-2-3-5-14(13)20/h2-7,10H,8-9,11H2,1H3,(H,24,25). The summed E-state index contributed by atoms with van der Waals surface area (Å²) in [5.41, 5.74) is -1.13. The van der Waals surface area contributed by atoms with Gasteiger partial charge in [0.05, 0.1) is 28.4 Å². The Balaban J connectivity index is 2.08. The molecule has 0 atom stereocenters. The molecule has 0 aliphatic carbocycles. The lowest BCUT2D eigenvalue weighted by Crippen LogP contribution is -2.22. The van der Waals surface area contributed by atoms with E-state index in [2.05, 4.69) is 5.32 Å². The van der Waals surface area contributed by atoms with Crippen molar-refractivity contribution in [1.82, 2.24) is 0 Å². The molecule has 0 aromatic heterocycles. The number of anilines is 1. The van der Waals surface area contributed by atoms with E-state index in [9.17, 15) is 22.8 Å². The van der Waals surface area contributed by atoms with Crippen molar-refractivity contribution >= 4 is 29.2 Å². The maximum atomic E-state index is 13.0. The molecule has 2 rings (SSSR count). The molecule has 1 N–H and O–H groups in total. The first-order valence-corrected chi connectivity index (χ1v) is 8.64. The van der Waals surface area contributed by atoms with Gasteiger partial charge in [-0.1, -0.05) is 23.7 Å². The molecule has 156 valence electrons. The summed E-state index contributed by atoms with van der Waals surface area (Å²) < 4.78 is 53.9. The number of carbonyl (C=O) groups is 2. The van der Waals surface area contributed by atoms with Gasteiger partial charge < -0.3 is 19.5 Å². The van der Waals surface area contributed by atoms with E-state index in [1.165, 1.54) is 19.2 Å². The van der Waals surface area contributed by atoms with Crippen LogP contribution in [0.3, 0.4) is 0 Å². The monoisotopic (exact) mass is 431 g/mol. The molecule has 0 unspecified atom stereocenters. The fourth-order valence-corrected chi connectivity index (χ4v) is 2.40. The van der Waals surface area contributed by atoms with E-state index in [0.717, 1.165) is 18.2 Å². The van der Waals surface area contributed by atoms with Gasteiger partial charge in [-0.15, -0.1) is 0 Å². The molecule has 0 aliphatic heterocycles. The summed E-state index contributed by atoms with van der Waals surface area (Å²) in [4.78, 5) is 24.1. The van der Waals surface area contributed by atoms with Crippen LogP contribution in [0.2, 0.25) is 5.02 Å². The van der Waals surface area contributed by atoms with Crippen LogP contribution in [-0.2, 0) is 20.4 Å². The zero-order chi connectivity index (χ0) is 21.4. The van der Waals surface area contributed by atoms with E-state index in [1.54, 1.807) is 12.1 Å². The highest BCUT2D eigenvalue weighted by atomic mass is 35.5. The third-order valence-corrected chi connectivity index (χ3v) is 3.88. The number of methoxy groups -OCH3 is 1. The predicted octanol–water partition coefficient (Wildman–Crippen LogP) is 4.18. The SMILES string of the molecule is COCCOc1ccc(C(F)(F)F)cc1NC(=O)COC(=O)c1ccccc1Cl. The molecule has 0 bridgehead atoms. The molecule has 2 aromatic rings. The van der Waals surface area contributed by atoms with E-state index in [-0.39, 0.29) is 35.2 Å². The number of hydrogen-bond acceptors (Lipinski definition) is 5. The molecule has 0 fully saturated rings. The minimum Gasteiger partial charge on any atom is -0.489 e. The molecular weight excluding hydrogens is 415 g/mol. The predicted molar refractivity (Wildman–Crippen MR) is 99.2 cm³/mol. The van der Waals surface area contributed by atoms with Gasteiger partial charge in [0, 0.05) is 7.11 Å². The van der Waals surface area contributed by atoms with Gasteiger partial charge >= 0.3 is 12.1 Å². The second-order valence-electron chi connectivity index (χ2n) is 5.65. The summed E-state index contributed by atoms with van der Waals surface area (Å²) in [5.74, 6) is -1.67. The van der Waals surface area contributed by atoms with Crippen LogP contribution >= 0.6 is 11.6 Å². The average molecular weight is 432 g/mol. The number of ether oxygens (including phenoxy) is 3. The van der Waals surface area contributed by atoms with Crippen LogP contribution in [0, 0.1) is 0 Å². The molecule has 29 heavy (non-hydrogen) atoms. The molecule has 0 spiro atoms. The van der Waals surface area contributed by atoms with E-state index >= 15 is 0 Å². The highest BCUT2D eigenvalue weighted by molar-refractivity contribution is 6.33. The smallest absolute Gasteiger partial charge is 0.416 e. The number of rotatable bonds is 8. The van der Waals surface area contributed by atoms with Crippen molar-refractivity contribution in [2.75, 3.05) is 32.2 Å². The van der Waals surface area contributed by atoms with Crippen molar-refractivity contribution in [2.24, 2.45) is 0 Å². The van der Waals surface area contributed by atoms with E-state index in [1.807, 2.05) is 0 Å². The van der Waals surface area contributed by atoms with Crippen molar-refractivity contribution in [3.63, 3.8) is 0 Å². The van der Waals surface area contributed by atoms with Gasteiger partial charge in [-0.2, -0.15) is 13.2 Å². The normalized spacial score (nSPS) is 11.1. The maximum Gasteiger partial charge on any atom is 0.416 e. The molecule has 0 heterocycles.